The molecule has 2 aliphatic rings. The Morgan fingerprint density at radius 2 is 2.33 bits per heavy atom. The number of fused-ring (bicyclic) bond motifs is 1. The van der Waals surface area contributed by atoms with E-state index in [0.717, 1.165) is 25.8 Å². The predicted molar refractivity (Wildman–Crippen MR) is 57.4 cm³/mol. The highest BCUT2D eigenvalue weighted by atomic mass is 16.5. The van der Waals surface area contributed by atoms with Gasteiger partial charge in [0.2, 0.25) is 5.91 Å². The lowest BCUT2D eigenvalue weighted by molar-refractivity contribution is -0.136. The van der Waals surface area contributed by atoms with Gasteiger partial charge in [-0.2, -0.15) is 0 Å². The van der Waals surface area contributed by atoms with Crippen LogP contribution in [-0.2, 0) is 9.53 Å². The smallest absolute Gasteiger partial charge is 0.248 e. The van der Waals surface area contributed by atoms with Gasteiger partial charge < -0.3 is 15.4 Å². The molecule has 1 heterocycles. The molecule has 0 aromatic carbocycles. The summed E-state index contributed by atoms with van der Waals surface area (Å²) in [6.45, 7) is 0.996. The van der Waals surface area contributed by atoms with Gasteiger partial charge in [-0.3, -0.25) is 4.79 Å². The maximum atomic E-state index is 11.8. The van der Waals surface area contributed by atoms with Crippen LogP contribution in [0.1, 0.15) is 32.1 Å². The van der Waals surface area contributed by atoms with Crippen molar-refractivity contribution in [3.05, 3.63) is 0 Å². The number of methoxy groups -OCH3 is 1. The van der Waals surface area contributed by atoms with Crippen LogP contribution in [0.5, 0.6) is 0 Å². The molecule has 1 amide bonds. The Kier molecular flexibility index (Phi) is 2.98. The molecule has 0 spiro atoms. The zero-order chi connectivity index (χ0) is 10.9. The average molecular weight is 212 g/mol. The number of carbonyl (C=O) groups is 1. The van der Waals surface area contributed by atoms with Crippen molar-refractivity contribution in [3.63, 3.8) is 0 Å². The van der Waals surface area contributed by atoms with Crippen molar-refractivity contribution in [1.29, 1.82) is 0 Å². The van der Waals surface area contributed by atoms with Gasteiger partial charge in [0.25, 0.3) is 0 Å². The van der Waals surface area contributed by atoms with Gasteiger partial charge in [-0.15, -0.1) is 0 Å². The molecule has 1 aliphatic heterocycles. The normalized spacial score (nSPS) is 35.3. The quantitative estimate of drug-likeness (QED) is 0.725. The molecule has 1 saturated heterocycles. The fourth-order valence-corrected chi connectivity index (χ4v) is 2.99. The second-order valence-electron chi connectivity index (χ2n) is 4.76. The number of hydrogen-bond acceptors (Lipinski definition) is 3. The Bertz CT molecular complexity index is 257. The first-order valence-corrected chi connectivity index (χ1v) is 5.75. The van der Waals surface area contributed by atoms with Crippen molar-refractivity contribution < 1.29 is 9.53 Å². The highest BCUT2D eigenvalue weighted by Gasteiger charge is 2.47. The summed E-state index contributed by atoms with van der Waals surface area (Å²) in [6, 6.07) is 0.258. The maximum absolute atomic E-state index is 11.8. The van der Waals surface area contributed by atoms with Crippen LogP contribution < -0.4 is 5.73 Å². The molecule has 4 heteroatoms. The van der Waals surface area contributed by atoms with E-state index in [4.69, 9.17) is 10.5 Å². The van der Waals surface area contributed by atoms with Crippen molar-refractivity contribution in [2.45, 2.75) is 43.7 Å². The highest BCUT2D eigenvalue weighted by molar-refractivity contribution is 5.78. The van der Waals surface area contributed by atoms with Crippen molar-refractivity contribution in [3.8, 4) is 0 Å². The lowest BCUT2D eigenvalue weighted by Crippen LogP contribution is -2.54. The third-order valence-corrected chi connectivity index (χ3v) is 3.82. The summed E-state index contributed by atoms with van der Waals surface area (Å²) in [5, 5.41) is 0. The summed E-state index contributed by atoms with van der Waals surface area (Å²) in [7, 11) is 1.56. The van der Waals surface area contributed by atoms with Crippen molar-refractivity contribution >= 4 is 5.91 Å². The van der Waals surface area contributed by atoms with E-state index in [1.807, 2.05) is 4.90 Å². The van der Waals surface area contributed by atoms with Gasteiger partial charge in [0, 0.05) is 25.2 Å². The fraction of sp³-hybridized carbons (Fsp3) is 0.909. The van der Waals surface area contributed by atoms with Gasteiger partial charge in [0.15, 0.2) is 0 Å². The molecule has 0 aromatic heterocycles. The van der Waals surface area contributed by atoms with E-state index in [0.29, 0.717) is 0 Å². The van der Waals surface area contributed by atoms with Crippen molar-refractivity contribution in [1.82, 2.24) is 4.90 Å². The van der Waals surface area contributed by atoms with E-state index < -0.39 is 0 Å². The van der Waals surface area contributed by atoms with Crippen LogP contribution in [0.2, 0.25) is 0 Å². The van der Waals surface area contributed by atoms with Gasteiger partial charge in [-0.1, -0.05) is 12.8 Å². The molecule has 1 saturated carbocycles. The van der Waals surface area contributed by atoms with Gasteiger partial charge in [-0.25, -0.2) is 0 Å². The van der Waals surface area contributed by atoms with E-state index in [1.54, 1.807) is 7.11 Å². The fourth-order valence-electron chi connectivity index (χ4n) is 2.99. The number of hydrogen-bond donors (Lipinski definition) is 1. The molecule has 0 aromatic rings. The summed E-state index contributed by atoms with van der Waals surface area (Å²) in [5.41, 5.74) is 6.24. The molecule has 15 heavy (non-hydrogen) atoms. The third kappa shape index (κ3) is 1.88. The number of nitrogens with zero attached hydrogens (tertiary/aromatic N) is 1. The number of ether oxygens (including phenoxy) is 1. The van der Waals surface area contributed by atoms with E-state index in [2.05, 4.69) is 0 Å². The summed E-state index contributed by atoms with van der Waals surface area (Å²) in [5.74, 6) is 0.0942. The number of likely N-dealkylation sites (tertiary alicyclic amines) is 1. The molecular weight excluding hydrogens is 192 g/mol. The van der Waals surface area contributed by atoms with Crippen LogP contribution in [0.4, 0.5) is 0 Å². The Labute approximate surface area is 90.8 Å². The molecule has 2 atom stereocenters. The van der Waals surface area contributed by atoms with Gasteiger partial charge >= 0.3 is 0 Å². The topological polar surface area (TPSA) is 55.6 Å². The second kappa shape index (κ2) is 4.10. The predicted octanol–water partition coefficient (Wildman–Crippen LogP) is 0.505. The van der Waals surface area contributed by atoms with E-state index in [9.17, 15) is 4.79 Å². The van der Waals surface area contributed by atoms with Gasteiger partial charge in [0.1, 0.15) is 6.61 Å². The summed E-state index contributed by atoms with van der Waals surface area (Å²) in [4.78, 5) is 13.7. The number of carbonyl (C=O) groups excluding carboxylic acids is 1. The zero-order valence-electron chi connectivity index (χ0n) is 9.37. The number of amides is 1. The van der Waals surface area contributed by atoms with Crippen molar-refractivity contribution in [2.24, 2.45) is 5.73 Å². The standard InChI is InChI=1S/C11H20N2O2/c1-15-8-10(14)13-7-6-11(12)5-3-2-4-9(11)13/h9H,2-8,12H2,1H3. The lowest BCUT2D eigenvalue weighted by Gasteiger charge is -2.38. The summed E-state index contributed by atoms with van der Waals surface area (Å²) in [6.07, 6.45) is 5.48. The molecule has 2 rings (SSSR count). The summed E-state index contributed by atoms with van der Waals surface area (Å²) < 4.78 is 4.90. The molecule has 0 radical (unpaired) electrons. The monoisotopic (exact) mass is 212 g/mol. The molecule has 2 N–H and O–H groups in total. The minimum Gasteiger partial charge on any atom is -0.375 e. The van der Waals surface area contributed by atoms with Crippen LogP contribution in [0.25, 0.3) is 0 Å². The van der Waals surface area contributed by atoms with E-state index in [-0.39, 0.29) is 24.1 Å². The molecular formula is C11H20N2O2. The van der Waals surface area contributed by atoms with Gasteiger partial charge in [0.05, 0.1) is 0 Å². The molecule has 0 bridgehead atoms. The third-order valence-electron chi connectivity index (χ3n) is 3.82. The van der Waals surface area contributed by atoms with Gasteiger partial charge in [-0.05, 0) is 19.3 Å². The molecule has 86 valence electrons. The number of rotatable bonds is 2. The maximum Gasteiger partial charge on any atom is 0.248 e. The second-order valence-corrected chi connectivity index (χ2v) is 4.76. The number of nitrogens with two attached hydrogens (primary N) is 1. The van der Waals surface area contributed by atoms with Crippen LogP contribution in [0.3, 0.4) is 0 Å². The largest absolute Gasteiger partial charge is 0.375 e. The molecule has 1 aliphatic carbocycles. The summed E-state index contributed by atoms with van der Waals surface area (Å²) >= 11 is 0. The molecule has 2 fully saturated rings. The first-order valence-electron chi connectivity index (χ1n) is 5.75. The SMILES string of the molecule is COCC(=O)N1CCC2(N)CCCCC12. The van der Waals surface area contributed by atoms with Crippen molar-refractivity contribution in [2.75, 3.05) is 20.3 Å². The Morgan fingerprint density at radius 3 is 3.07 bits per heavy atom. The average Bonchev–Trinajstić information content (AvgIpc) is 2.55. The van der Waals surface area contributed by atoms with E-state index >= 15 is 0 Å². The van der Waals surface area contributed by atoms with Crippen LogP contribution in [0, 0.1) is 0 Å². The Balaban J connectivity index is 2.06. The Morgan fingerprint density at radius 1 is 1.53 bits per heavy atom. The minimum absolute atomic E-state index is 0.0942. The minimum atomic E-state index is -0.109. The Hall–Kier alpha value is -0.610. The van der Waals surface area contributed by atoms with Crippen LogP contribution in [0.15, 0.2) is 0 Å². The first kappa shape index (κ1) is 10.9. The molecule has 4 nitrogen and oxygen atoms in total. The van der Waals surface area contributed by atoms with Crippen LogP contribution in [-0.4, -0.2) is 42.6 Å². The first-order chi connectivity index (χ1) is 7.17. The lowest BCUT2D eigenvalue weighted by atomic mass is 9.78. The highest BCUT2D eigenvalue weighted by Crippen LogP contribution is 2.37. The molecule has 2 unspecified atom stereocenters. The zero-order valence-corrected chi connectivity index (χ0v) is 9.37. The van der Waals surface area contributed by atoms with Crippen LogP contribution >= 0.6 is 0 Å². The van der Waals surface area contributed by atoms with E-state index in [1.165, 1.54) is 12.8 Å².